The van der Waals surface area contributed by atoms with Crippen molar-refractivity contribution in [3.63, 3.8) is 0 Å². The zero-order valence-corrected chi connectivity index (χ0v) is 7.28. The smallest absolute Gasteiger partial charge is 0.328 e. The van der Waals surface area contributed by atoms with Gasteiger partial charge in [0.15, 0.2) is 0 Å². The minimum Gasteiger partial charge on any atom is -0.480 e. The molecule has 1 aromatic heterocycles. The monoisotopic (exact) mass is 181 g/mol. The van der Waals surface area contributed by atoms with Gasteiger partial charge in [-0.1, -0.05) is 6.92 Å². The van der Waals surface area contributed by atoms with Crippen LogP contribution in [0.2, 0.25) is 0 Å². The Bertz CT molecular complexity index is 357. The summed E-state index contributed by atoms with van der Waals surface area (Å²) in [5.74, 6) is -1.06. The van der Waals surface area contributed by atoms with Gasteiger partial charge in [0.2, 0.25) is 0 Å². The van der Waals surface area contributed by atoms with Crippen molar-refractivity contribution in [2.45, 2.75) is 18.9 Å². The average molecular weight is 181 g/mol. The van der Waals surface area contributed by atoms with Gasteiger partial charge in [-0.2, -0.15) is 0 Å². The number of aliphatic carboxylic acids is 1. The fraction of sp³-hybridized carbons (Fsp3) is 0.444. The van der Waals surface area contributed by atoms with Gasteiger partial charge < -0.3 is 15.3 Å². The number of carbonyl (C=O) groups is 1. The van der Waals surface area contributed by atoms with Crippen LogP contribution in [0.4, 0.5) is 0 Å². The van der Waals surface area contributed by atoms with E-state index in [4.69, 9.17) is 15.3 Å². The van der Waals surface area contributed by atoms with Gasteiger partial charge in [0.05, 0.1) is 12.5 Å². The maximum Gasteiger partial charge on any atom is 0.328 e. The Morgan fingerprint density at radius 2 is 2.46 bits per heavy atom. The quantitative estimate of drug-likeness (QED) is 0.669. The van der Waals surface area contributed by atoms with Crippen LogP contribution in [0.15, 0.2) is 16.9 Å². The number of furan rings is 1. The standard InChI is InChI=1S/C9H11NO3/c1-5-2-6-3-13-4-7(6)9(5,10)8(11)12/h3-5H,2,10H2,1H3,(H,11,12). The maximum absolute atomic E-state index is 11.0. The molecule has 1 aromatic rings. The summed E-state index contributed by atoms with van der Waals surface area (Å²) in [7, 11) is 0. The van der Waals surface area contributed by atoms with Crippen molar-refractivity contribution in [2.75, 3.05) is 0 Å². The largest absolute Gasteiger partial charge is 0.480 e. The van der Waals surface area contributed by atoms with Gasteiger partial charge >= 0.3 is 5.97 Å². The molecule has 4 nitrogen and oxygen atoms in total. The molecule has 2 unspecified atom stereocenters. The Kier molecular flexibility index (Phi) is 1.51. The van der Waals surface area contributed by atoms with E-state index in [1.165, 1.54) is 6.26 Å². The first kappa shape index (κ1) is 8.31. The lowest BCUT2D eigenvalue weighted by Crippen LogP contribution is -2.47. The molecule has 0 amide bonds. The molecular formula is C9H11NO3. The SMILES string of the molecule is CC1Cc2cocc2C1(N)C(=O)O. The van der Waals surface area contributed by atoms with Crippen molar-refractivity contribution >= 4 is 5.97 Å². The number of fused-ring (bicyclic) bond motifs is 1. The highest BCUT2D eigenvalue weighted by molar-refractivity contribution is 5.82. The number of carboxylic acids is 1. The lowest BCUT2D eigenvalue weighted by Gasteiger charge is -2.23. The third-order valence-electron chi connectivity index (χ3n) is 2.85. The highest BCUT2D eigenvalue weighted by atomic mass is 16.4. The number of carboxylic acid groups (broad SMARTS) is 1. The molecule has 0 radical (unpaired) electrons. The van der Waals surface area contributed by atoms with Gasteiger partial charge in [0.1, 0.15) is 5.54 Å². The average Bonchev–Trinajstić information content (AvgIpc) is 2.57. The van der Waals surface area contributed by atoms with Crippen LogP contribution in [-0.2, 0) is 16.8 Å². The summed E-state index contributed by atoms with van der Waals surface area (Å²) < 4.78 is 4.94. The van der Waals surface area contributed by atoms with Gasteiger partial charge in [0, 0.05) is 5.56 Å². The third kappa shape index (κ3) is 0.862. The first-order chi connectivity index (χ1) is 6.06. The first-order valence-corrected chi connectivity index (χ1v) is 4.14. The molecule has 2 atom stereocenters. The summed E-state index contributed by atoms with van der Waals surface area (Å²) in [6, 6.07) is 0. The summed E-state index contributed by atoms with van der Waals surface area (Å²) in [4.78, 5) is 11.0. The molecular weight excluding hydrogens is 170 g/mol. The van der Waals surface area contributed by atoms with Crippen LogP contribution in [0.5, 0.6) is 0 Å². The van der Waals surface area contributed by atoms with Crippen LogP contribution in [0, 0.1) is 5.92 Å². The Morgan fingerprint density at radius 1 is 1.77 bits per heavy atom. The molecule has 0 saturated carbocycles. The Labute approximate surface area is 75.3 Å². The molecule has 0 aromatic carbocycles. The van der Waals surface area contributed by atoms with E-state index in [1.54, 1.807) is 6.26 Å². The topological polar surface area (TPSA) is 76.5 Å². The van der Waals surface area contributed by atoms with Gasteiger partial charge in [-0.3, -0.25) is 0 Å². The van der Waals surface area contributed by atoms with Crippen molar-refractivity contribution in [3.05, 3.63) is 23.7 Å². The van der Waals surface area contributed by atoms with E-state index in [1.807, 2.05) is 6.92 Å². The number of hydrogen-bond donors (Lipinski definition) is 2. The molecule has 70 valence electrons. The molecule has 4 heteroatoms. The minimum atomic E-state index is -1.26. The summed E-state index contributed by atoms with van der Waals surface area (Å²) in [5, 5.41) is 9.04. The summed E-state index contributed by atoms with van der Waals surface area (Å²) in [5.41, 5.74) is 6.11. The molecule has 1 heterocycles. The second-order valence-electron chi connectivity index (χ2n) is 3.59. The van der Waals surface area contributed by atoms with Crippen molar-refractivity contribution < 1.29 is 14.3 Å². The van der Waals surface area contributed by atoms with Crippen LogP contribution < -0.4 is 5.73 Å². The second kappa shape index (κ2) is 2.35. The fourth-order valence-electron chi connectivity index (χ4n) is 1.93. The molecule has 1 aliphatic carbocycles. The summed E-state index contributed by atoms with van der Waals surface area (Å²) in [6.45, 7) is 1.84. The van der Waals surface area contributed by atoms with Gasteiger partial charge in [-0.05, 0) is 17.9 Å². The minimum absolute atomic E-state index is 0.0774. The molecule has 1 aliphatic rings. The van der Waals surface area contributed by atoms with E-state index < -0.39 is 11.5 Å². The van der Waals surface area contributed by atoms with Gasteiger partial charge in [-0.15, -0.1) is 0 Å². The van der Waals surface area contributed by atoms with Gasteiger partial charge in [0.25, 0.3) is 0 Å². The molecule has 0 saturated heterocycles. The molecule has 0 bridgehead atoms. The van der Waals surface area contributed by atoms with Crippen LogP contribution in [0.1, 0.15) is 18.1 Å². The molecule has 0 spiro atoms. The fourth-order valence-corrected chi connectivity index (χ4v) is 1.93. The molecule has 3 N–H and O–H groups in total. The zero-order chi connectivity index (χ0) is 9.64. The molecule has 0 aliphatic heterocycles. The Balaban J connectivity index is 2.56. The predicted molar refractivity (Wildman–Crippen MR) is 45.1 cm³/mol. The Hall–Kier alpha value is -1.29. The number of rotatable bonds is 1. The molecule has 0 fully saturated rings. The third-order valence-corrected chi connectivity index (χ3v) is 2.85. The molecule has 2 rings (SSSR count). The van der Waals surface area contributed by atoms with E-state index in [0.717, 1.165) is 5.56 Å². The summed E-state index contributed by atoms with van der Waals surface area (Å²) in [6.07, 6.45) is 3.69. The van der Waals surface area contributed by atoms with Crippen molar-refractivity contribution in [2.24, 2.45) is 11.7 Å². The highest BCUT2D eigenvalue weighted by Crippen LogP contribution is 2.40. The highest BCUT2D eigenvalue weighted by Gasteiger charge is 2.48. The van der Waals surface area contributed by atoms with Crippen molar-refractivity contribution in [1.29, 1.82) is 0 Å². The van der Waals surface area contributed by atoms with E-state index in [2.05, 4.69) is 0 Å². The first-order valence-electron chi connectivity index (χ1n) is 4.14. The van der Waals surface area contributed by atoms with Gasteiger partial charge in [-0.25, -0.2) is 4.79 Å². The number of hydrogen-bond acceptors (Lipinski definition) is 3. The summed E-state index contributed by atoms with van der Waals surface area (Å²) >= 11 is 0. The van der Waals surface area contributed by atoms with Crippen molar-refractivity contribution in [3.8, 4) is 0 Å². The van der Waals surface area contributed by atoms with Crippen LogP contribution in [0.3, 0.4) is 0 Å². The van der Waals surface area contributed by atoms with Crippen molar-refractivity contribution in [1.82, 2.24) is 0 Å². The van der Waals surface area contributed by atoms with Crippen LogP contribution in [-0.4, -0.2) is 11.1 Å². The predicted octanol–water partition coefficient (Wildman–Crippen LogP) is 0.710. The van der Waals surface area contributed by atoms with Crippen LogP contribution >= 0.6 is 0 Å². The molecule has 13 heavy (non-hydrogen) atoms. The second-order valence-corrected chi connectivity index (χ2v) is 3.59. The maximum atomic E-state index is 11.0. The van der Waals surface area contributed by atoms with E-state index >= 15 is 0 Å². The normalized spacial score (nSPS) is 31.7. The van der Waals surface area contributed by atoms with E-state index in [-0.39, 0.29) is 5.92 Å². The lowest BCUT2D eigenvalue weighted by atomic mass is 9.87. The lowest BCUT2D eigenvalue weighted by molar-refractivity contribution is -0.145. The zero-order valence-electron chi connectivity index (χ0n) is 7.28. The Morgan fingerprint density at radius 3 is 3.08 bits per heavy atom. The van der Waals surface area contributed by atoms with Crippen LogP contribution in [0.25, 0.3) is 0 Å². The van der Waals surface area contributed by atoms with E-state index in [9.17, 15) is 4.79 Å². The number of nitrogens with two attached hydrogens (primary N) is 1. The van der Waals surface area contributed by atoms with E-state index in [0.29, 0.717) is 12.0 Å².